The predicted molar refractivity (Wildman–Crippen MR) is 423 cm³/mol. The number of benzene rings is 2. The van der Waals surface area contributed by atoms with Crippen LogP contribution in [0.1, 0.15) is 213 Å². The van der Waals surface area contributed by atoms with E-state index in [9.17, 15) is 45.6 Å². The Kier molecular flexibility index (Phi) is 22.6. The van der Waals surface area contributed by atoms with E-state index >= 15 is 0 Å². The summed E-state index contributed by atoms with van der Waals surface area (Å²) < 4.78 is 81.2. The molecule has 0 saturated heterocycles. The molecule has 0 bridgehead atoms. The molecule has 8 saturated carbocycles. The zero-order chi connectivity index (χ0) is 77.0. The van der Waals surface area contributed by atoms with Crippen molar-refractivity contribution in [2.75, 3.05) is 41.4 Å². The molecule has 4 amide bonds. The Bertz CT molecular complexity index is 4540. The fourth-order valence-electron chi connectivity index (χ4n) is 18.4. The van der Waals surface area contributed by atoms with Crippen molar-refractivity contribution in [2.45, 2.75) is 228 Å². The van der Waals surface area contributed by atoms with Gasteiger partial charge in [-0.1, -0.05) is 62.8 Å². The van der Waals surface area contributed by atoms with Gasteiger partial charge >= 0.3 is 0 Å². The van der Waals surface area contributed by atoms with Crippen LogP contribution in [0.2, 0.25) is 0 Å². The number of hydrogen-bond donors (Lipinski definition) is 2. The molecule has 0 radical (unpaired) electrons. The van der Waals surface area contributed by atoms with E-state index in [1.165, 1.54) is 38.5 Å². The maximum atomic E-state index is 14.5. The Balaban J connectivity index is 0.000000175. The summed E-state index contributed by atoms with van der Waals surface area (Å²) in [5.41, 5.74) is 3.93. The van der Waals surface area contributed by atoms with Gasteiger partial charge in [0.05, 0.1) is 91.2 Å². The topological polar surface area (TPSA) is 290 Å². The van der Waals surface area contributed by atoms with Gasteiger partial charge < -0.3 is 28.7 Å². The van der Waals surface area contributed by atoms with Crippen LogP contribution in [0.4, 0.5) is 0 Å². The van der Waals surface area contributed by atoms with Gasteiger partial charge in [0, 0.05) is 108 Å². The molecule has 8 fully saturated rings. The van der Waals surface area contributed by atoms with Crippen LogP contribution >= 0.6 is 22.7 Å². The molecular weight excluding hydrogens is 1470 g/mol. The molecule has 6 heterocycles. The van der Waals surface area contributed by atoms with Crippen molar-refractivity contribution in [3.05, 3.63) is 92.6 Å². The van der Waals surface area contributed by atoms with Gasteiger partial charge in [-0.15, -0.1) is 22.7 Å². The van der Waals surface area contributed by atoms with Gasteiger partial charge in [-0.05, 0) is 178 Å². The minimum absolute atomic E-state index is 0.0993. The van der Waals surface area contributed by atoms with Gasteiger partial charge in [-0.3, -0.25) is 38.2 Å². The number of pyridine rings is 2. The number of amides is 4. The Morgan fingerprint density at radius 3 is 1.26 bits per heavy atom. The molecule has 16 rings (SSSR count). The highest BCUT2D eigenvalue weighted by Crippen LogP contribution is 2.60. The van der Waals surface area contributed by atoms with Crippen molar-refractivity contribution in [2.24, 2.45) is 46.3 Å². The molecule has 0 spiro atoms. The minimum Gasteiger partial charge on any atom is -0.496 e. The van der Waals surface area contributed by atoms with E-state index < -0.39 is 89.1 Å². The number of hydrogen-bond acceptors (Lipinski definition) is 20. The van der Waals surface area contributed by atoms with Crippen molar-refractivity contribution >= 4 is 99.7 Å². The van der Waals surface area contributed by atoms with E-state index in [1.54, 1.807) is 60.8 Å². The second-order valence-electron chi connectivity index (χ2n) is 33.2. The van der Waals surface area contributed by atoms with Gasteiger partial charge in [0.25, 0.3) is 0 Å². The number of aryl methyl sites for hydroxylation is 2. The number of sulfonamides is 2. The largest absolute Gasteiger partial charge is 0.496 e. The molecule has 10 atom stereocenters. The van der Waals surface area contributed by atoms with Crippen molar-refractivity contribution in [3.63, 3.8) is 0 Å². The zero-order valence-electron chi connectivity index (χ0n) is 64.1. The smallest absolute Gasteiger partial charge is 0.240 e. The van der Waals surface area contributed by atoms with Crippen LogP contribution in [0.25, 0.3) is 44.6 Å². The van der Waals surface area contributed by atoms with E-state index in [2.05, 4.69) is 20.2 Å². The lowest BCUT2D eigenvalue weighted by molar-refractivity contribution is -0.140. The van der Waals surface area contributed by atoms with Crippen molar-refractivity contribution in [1.82, 2.24) is 39.2 Å². The van der Waals surface area contributed by atoms with Gasteiger partial charge in [-0.25, -0.2) is 36.8 Å². The summed E-state index contributed by atoms with van der Waals surface area (Å²) in [6.45, 7) is 5.12. The Labute approximate surface area is 653 Å². The van der Waals surface area contributed by atoms with Crippen LogP contribution in [0.3, 0.4) is 0 Å². The summed E-state index contributed by atoms with van der Waals surface area (Å²) in [5, 5.41) is 6.94. The maximum absolute atomic E-state index is 14.5. The molecule has 26 heteroatoms. The van der Waals surface area contributed by atoms with Crippen LogP contribution in [-0.2, 0) is 48.8 Å². The van der Waals surface area contributed by atoms with Crippen LogP contribution in [0.15, 0.2) is 71.5 Å². The van der Waals surface area contributed by atoms with E-state index in [0.717, 1.165) is 119 Å². The zero-order valence-corrected chi connectivity index (χ0v) is 67.4. The van der Waals surface area contributed by atoms with Gasteiger partial charge in [0.2, 0.25) is 43.7 Å². The highest BCUT2D eigenvalue weighted by Gasteiger charge is 2.63. The summed E-state index contributed by atoms with van der Waals surface area (Å²) in [6, 6.07) is 11.6. The number of nitrogens with zero attached hydrogens (tertiary/aromatic N) is 6. The molecule has 10 aliphatic rings. The first-order valence-electron chi connectivity index (χ1n) is 40.2. The molecule has 2 N–H and O–H groups in total. The molecule has 2 aliphatic heterocycles. The predicted octanol–water partition coefficient (Wildman–Crippen LogP) is 14.5. The molecule has 6 aromatic rings. The lowest BCUT2D eigenvalue weighted by atomic mass is 9.84. The van der Waals surface area contributed by atoms with E-state index in [0.29, 0.717) is 124 Å². The third-order valence-corrected chi connectivity index (χ3v) is 31.2. The Hall–Kier alpha value is -7.68. The van der Waals surface area contributed by atoms with E-state index in [1.807, 2.05) is 74.5 Å². The van der Waals surface area contributed by atoms with Crippen molar-refractivity contribution in [1.29, 1.82) is 0 Å². The number of aromatic nitrogens is 4. The van der Waals surface area contributed by atoms with Crippen LogP contribution in [-0.4, -0.2) is 146 Å². The molecule has 8 aliphatic carbocycles. The summed E-state index contributed by atoms with van der Waals surface area (Å²) in [7, 11) is -0.711. The van der Waals surface area contributed by atoms with Crippen LogP contribution in [0.5, 0.6) is 23.0 Å². The number of allylic oxidation sites excluding steroid dienone is 4. The second kappa shape index (κ2) is 32.1. The SMILES string of the molecule is COc1ccc2c(O[C@@H]3C[C@H]4C(=O)C[C@]5(C(=O)NS(=O)(=O)C6CC6)C[C@@H]5/C=C\CCCCN(C)C(=O)[C@@H]4C3)cc(-c3csc(C4CCCCC4)n3)nc2c1C.COc1ccc2c(O[C@@H]3C[C@H]4C(=O)C[C@]5(C(=O)NS(=O)(=O)C6CC6)C[C@H]5/C=C\CCCCN(C)C(=O)[C@@H]4C3)cc(-c3csc(C4CCCCC4)n3)nc2c1C. The Morgan fingerprint density at radius 1 is 0.491 bits per heavy atom. The quantitative estimate of drug-likeness (QED) is 0.0851. The molecule has 2 aromatic carbocycles. The standard InChI is InChI=1S/2C42H52N4O7S2/c2*1-25-36(52-3)17-16-30-37(21-33(43-38(25)30)34-24-54-39(44-34)26-11-7-6-8-12-26)53-28-19-31-32(20-28)40(48)46(2)18-10-5-4-9-13-27-22-42(27,23-35(31)47)41(49)45-55(50,51)29-14-15-29/h2*9,13,16-17,21,24,26-29,31-32H,4-8,10-12,14-15,18-20,22-23H2,1-3H3,(H,45,49)/b2*13-9-/t27-,28+,31+,32+,42+;27-,28-,31-,32-,42-/m01/s1. The molecule has 588 valence electrons. The Morgan fingerprint density at radius 2 is 0.882 bits per heavy atom. The van der Waals surface area contributed by atoms with Gasteiger partial charge in [0.15, 0.2) is 0 Å². The first kappa shape index (κ1) is 77.6. The normalized spacial score (nSPS) is 28.6. The molecule has 110 heavy (non-hydrogen) atoms. The first-order valence-corrected chi connectivity index (χ1v) is 45.0. The summed E-state index contributed by atoms with van der Waals surface area (Å²) in [4.78, 5) is 108. The lowest BCUT2D eigenvalue weighted by Crippen LogP contribution is -2.42. The third kappa shape index (κ3) is 16.3. The van der Waals surface area contributed by atoms with E-state index in [4.69, 9.17) is 38.9 Å². The number of ketones is 2. The number of methoxy groups -OCH3 is 2. The molecular formula is C84H104N8O14S4. The molecule has 0 unspecified atom stereocenters. The number of thiazole rings is 2. The number of nitrogens with one attached hydrogen (secondary N) is 2. The highest BCUT2D eigenvalue weighted by atomic mass is 32.2. The highest BCUT2D eigenvalue weighted by molar-refractivity contribution is 7.91. The number of Topliss-reactive ketones (excluding diaryl/α,β-unsaturated/α-hetero) is 2. The number of fused-ring (bicyclic) bond motifs is 6. The number of rotatable bonds is 16. The summed E-state index contributed by atoms with van der Waals surface area (Å²) in [6.07, 6.45) is 28.1. The van der Waals surface area contributed by atoms with E-state index in [-0.39, 0.29) is 48.1 Å². The number of carbonyl (C=O) groups is 6. The third-order valence-electron chi connectivity index (χ3n) is 25.6. The van der Waals surface area contributed by atoms with Crippen LogP contribution < -0.4 is 28.4 Å². The van der Waals surface area contributed by atoms with Crippen molar-refractivity contribution in [3.8, 4) is 45.8 Å². The fraction of sp³-hybridized carbons (Fsp3) is 0.595. The molecule has 22 nitrogen and oxygen atoms in total. The average Bonchev–Trinajstić information content (AvgIpc) is 1.54. The molecule has 4 aromatic heterocycles. The van der Waals surface area contributed by atoms with Gasteiger partial charge in [-0.2, -0.15) is 0 Å². The summed E-state index contributed by atoms with van der Waals surface area (Å²) in [5.74, 6) is -1.27. The lowest BCUT2D eigenvalue weighted by Gasteiger charge is -2.26. The minimum atomic E-state index is -3.79. The number of carbonyl (C=O) groups excluding carboxylic acids is 6. The van der Waals surface area contributed by atoms with Gasteiger partial charge in [0.1, 0.15) is 46.8 Å². The van der Waals surface area contributed by atoms with Crippen molar-refractivity contribution < 1.29 is 64.6 Å². The monoisotopic (exact) mass is 1580 g/mol. The van der Waals surface area contributed by atoms with Crippen LogP contribution in [0, 0.1) is 60.2 Å². The average molecular weight is 1580 g/mol. The maximum Gasteiger partial charge on any atom is 0.240 e. The first-order chi connectivity index (χ1) is 52.9. The summed E-state index contributed by atoms with van der Waals surface area (Å²) >= 11 is 3.37. The number of ether oxygens (including phenoxy) is 4. The second-order valence-corrected chi connectivity index (χ2v) is 38.9. The fourth-order valence-corrected chi connectivity index (χ4v) is 23.1.